The molecule has 0 amide bonds. The standard InChI is InChI=1S/C16H24N2O4S/c1-21-15-11-22-12-16(15)23(19,20)17-8-10-18-9-4-6-13-5-2-3-7-14(13)18/h2-3,5,7,15-17H,4,6,8-12H2,1H3. The first-order valence-electron chi connectivity index (χ1n) is 8.03. The van der Waals surface area contributed by atoms with Crippen molar-refractivity contribution in [3.8, 4) is 0 Å². The third kappa shape index (κ3) is 3.68. The first-order valence-corrected chi connectivity index (χ1v) is 9.58. The average molecular weight is 340 g/mol. The van der Waals surface area contributed by atoms with Gasteiger partial charge in [0.05, 0.1) is 13.2 Å². The van der Waals surface area contributed by atoms with Crippen LogP contribution in [-0.4, -0.2) is 59.7 Å². The summed E-state index contributed by atoms with van der Waals surface area (Å²) in [6.45, 7) is 2.55. The summed E-state index contributed by atoms with van der Waals surface area (Å²) in [6.07, 6.45) is 1.81. The molecule has 2 aliphatic rings. The molecule has 1 saturated heterocycles. The number of methoxy groups -OCH3 is 1. The van der Waals surface area contributed by atoms with E-state index in [1.165, 1.54) is 18.4 Å². The topological polar surface area (TPSA) is 67.9 Å². The molecule has 0 aliphatic carbocycles. The van der Waals surface area contributed by atoms with E-state index in [4.69, 9.17) is 9.47 Å². The normalized spacial score (nSPS) is 24.7. The maximum Gasteiger partial charge on any atom is 0.219 e. The van der Waals surface area contributed by atoms with E-state index in [0.717, 1.165) is 19.4 Å². The van der Waals surface area contributed by atoms with E-state index >= 15 is 0 Å². The van der Waals surface area contributed by atoms with Gasteiger partial charge < -0.3 is 14.4 Å². The Morgan fingerprint density at radius 2 is 2.17 bits per heavy atom. The van der Waals surface area contributed by atoms with Crippen LogP contribution >= 0.6 is 0 Å². The van der Waals surface area contributed by atoms with Gasteiger partial charge in [-0.1, -0.05) is 18.2 Å². The highest BCUT2D eigenvalue weighted by molar-refractivity contribution is 7.90. The molecule has 0 radical (unpaired) electrons. The number of ether oxygens (including phenoxy) is 2. The van der Waals surface area contributed by atoms with Crippen molar-refractivity contribution in [1.82, 2.24) is 4.72 Å². The number of nitrogens with zero attached hydrogens (tertiary/aromatic N) is 1. The molecule has 0 aromatic heterocycles. The summed E-state index contributed by atoms with van der Waals surface area (Å²) in [7, 11) is -1.91. The Balaban J connectivity index is 1.58. The third-order valence-corrected chi connectivity index (χ3v) is 6.41. The van der Waals surface area contributed by atoms with Crippen LogP contribution in [-0.2, 0) is 25.9 Å². The Hall–Kier alpha value is -1.15. The Bertz CT molecular complexity index is 635. The van der Waals surface area contributed by atoms with Crippen molar-refractivity contribution < 1.29 is 17.9 Å². The molecular formula is C16H24N2O4S. The van der Waals surface area contributed by atoms with Gasteiger partial charge in [-0.3, -0.25) is 0 Å². The first kappa shape index (κ1) is 16.7. The maximum absolute atomic E-state index is 12.4. The van der Waals surface area contributed by atoms with Gasteiger partial charge in [-0.2, -0.15) is 0 Å². The predicted octanol–water partition coefficient (Wildman–Crippen LogP) is 0.772. The van der Waals surface area contributed by atoms with Gasteiger partial charge in [0.25, 0.3) is 0 Å². The molecule has 1 fully saturated rings. The lowest BCUT2D eigenvalue weighted by Gasteiger charge is -2.31. The highest BCUT2D eigenvalue weighted by Gasteiger charge is 2.38. The van der Waals surface area contributed by atoms with E-state index in [-0.39, 0.29) is 12.7 Å². The number of hydrogen-bond acceptors (Lipinski definition) is 5. The van der Waals surface area contributed by atoms with Crippen molar-refractivity contribution in [2.45, 2.75) is 24.2 Å². The Kier molecular flexibility index (Phi) is 5.21. The predicted molar refractivity (Wildman–Crippen MR) is 89.3 cm³/mol. The fourth-order valence-corrected chi connectivity index (χ4v) is 4.75. The molecule has 6 nitrogen and oxygen atoms in total. The number of nitrogens with one attached hydrogen (secondary N) is 1. The van der Waals surface area contributed by atoms with Crippen molar-refractivity contribution in [2.75, 3.05) is 44.9 Å². The van der Waals surface area contributed by atoms with E-state index in [0.29, 0.717) is 19.7 Å². The molecule has 3 rings (SSSR count). The molecule has 0 spiro atoms. The molecule has 2 atom stereocenters. The Morgan fingerprint density at radius 1 is 1.35 bits per heavy atom. The van der Waals surface area contributed by atoms with Crippen molar-refractivity contribution in [2.24, 2.45) is 0 Å². The fraction of sp³-hybridized carbons (Fsp3) is 0.625. The minimum atomic E-state index is -3.43. The smallest absolute Gasteiger partial charge is 0.219 e. The zero-order valence-corrected chi connectivity index (χ0v) is 14.2. The van der Waals surface area contributed by atoms with Crippen molar-refractivity contribution in [3.63, 3.8) is 0 Å². The SMILES string of the molecule is COC1COCC1S(=O)(=O)NCCN1CCCc2ccccc21. The van der Waals surface area contributed by atoms with E-state index in [1.54, 1.807) is 0 Å². The number of aryl methyl sites for hydroxylation is 1. The lowest BCUT2D eigenvalue weighted by Crippen LogP contribution is -2.45. The van der Waals surface area contributed by atoms with Crippen LogP contribution in [0, 0.1) is 0 Å². The second-order valence-corrected chi connectivity index (χ2v) is 7.99. The minimum Gasteiger partial charge on any atom is -0.378 e. The molecule has 23 heavy (non-hydrogen) atoms. The number of para-hydroxylation sites is 1. The molecule has 1 aromatic carbocycles. The molecule has 2 heterocycles. The summed E-state index contributed by atoms with van der Waals surface area (Å²) in [4.78, 5) is 2.25. The summed E-state index contributed by atoms with van der Waals surface area (Å²) in [5.74, 6) is 0. The van der Waals surface area contributed by atoms with Gasteiger partial charge in [-0.05, 0) is 24.5 Å². The van der Waals surface area contributed by atoms with Crippen LogP contribution < -0.4 is 9.62 Å². The van der Waals surface area contributed by atoms with Gasteiger partial charge >= 0.3 is 0 Å². The van der Waals surface area contributed by atoms with Gasteiger partial charge in [-0.25, -0.2) is 13.1 Å². The maximum atomic E-state index is 12.4. The largest absolute Gasteiger partial charge is 0.378 e. The van der Waals surface area contributed by atoms with Crippen molar-refractivity contribution >= 4 is 15.7 Å². The number of fused-ring (bicyclic) bond motifs is 1. The molecule has 2 aliphatic heterocycles. The molecule has 1 N–H and O–H groups in total. The Morgan fingerprint density at radius 3 is 3.00 bits per heavy atom. The Labute approximate surface area is 137 Å². The molecule has 2 unspecified atom stereocenters. The van der Waals surface area contributed by atoms with Crippen LogP contribution in [0.25, 0.3) is 0 Å². The monoisotopic (exact) mass is 340 g/mol. The molecule has 128 valence electrons. The quantitative estimate of drug-likeness (QED) is 0.829. The average Bonchev–Trinajstić information content (AvgIpc) is 3.04. The van der Waals surface area contributed by atoms with Gasteiger partial charge in [0, 0.05) is 32.4 Å². The van der Waals surface area contributed by atoms with Gasteiger partial charge in [-0.15, -0.1) is 0 Å². The fourth-order valence-electron chi connectivity index (χ4n) is 3.30. The van der Waals surface area contributed by atoms with Crippen molar-refractivity contribution in [1.29, 1.82) is 0 Å². The summed E-state index contributed by atoms with van der Waals surface area (Å²) in [5.41, 5.74) is 2.56. The van der Waals surface area contributed by atoms with Crippen LogP contribution in [0.15, 0.2) is 24.3 Å². The second-order valence-electron chi connectivity index (χ2n) is 6.01. The molecule has 0 bridgehead atoms. The highest BCUT2D eigenvalue weighted by Crippen LogP contribution is 2.26. The van der Waals surface area contributed by atoms with Crippen LogP contribution in [0.2, 0.25) is 0 Å². The van der Waals surface area contributed by atoms with Gasteiger partial charge in [0.15, 0.2) is 0 Å². The highest BCUT2D eigenvalue weighted by atomic mass is 32.2. The third-order valence-electron chi connectivity index (χ3n) is 4.57. The second kappa shape index (κ2) is 7.17. The van der Waals surface area contributed by atoms with E-state index < -0.39 is 15.3 Å². The summed E-state index contributed by atoms with van der Waals surface area (Å²) in [6, 6.07) is 8.33. The first-order chi connectivity index (χ1) is 11.1. The van der Waals surface area contributed by atoms with Gasteiger partial charge in [0.2, 0.25) is 10.0 Å². The summed E-state index contributed by atoms with van der Waals surface area (Å²) in [5, 5.41) is -0.624. The summed E-state index contributed by atoms with van der Waals surface area (Å²) < 4.78 is 37.9. The zero-order chi connectivity index (χ0) is 16.3. The van der Waals surface area contributed by atoms with Crippen LogP contribution in [0.4, 0.5) is 5.69 Å². The van der Waals surface area contributed by atoms with Crippen molar-refractivity contribution in [3.05, 3.63) is 29.8 Å². The number of sulfonamides is 1. The van der Waals surface area contributed by atoms with Crippen LogP contribution in [0.1, 0.15) is 12.0 Å². The molecule has 0 saturated carbocycles. The minimum absolute atomic E-state index is 0.195. The lowest BCUT2D eigenvalue weighted by molar-refractivity contribution is 0.0828. The van der Waals surface area contributed by atoms with E-state index in [2.05, 4.69) is 27.8 Å². The lowest BCUT2D eigenvalue weighted by atomic mass is 10.0. The van der Waals surface area contributed by atoms with E-state index in [1.807, 2.05) is 6.07 Å². The molecular weight excluding hydrogens is 316 g/mol. The molecule has 1 aromatic rings. The van der Waals surface area contributed by atoms with Crippen LogP contribution in [0.3, 0.4) is 0 Å². The number of anilines is 1. The summed E-state index contributed by atoms with van der Waals surface area (Å²) >= 11 is 0. The molecule has 7 heteroatoms. The number of hydrogen-bond donors (Lipinski definition) is 1. The van der Waals surface area contributed by atoms with E-state index in [9.17, 15) is 8.42 Å². The number of benzene rings is 1. The van der Waals surface area contributed by atoms with Gasteiger partial charge in [0.1, 0.15) is 11.4 Å². The number of rotatable bonds is 6. The van der Waals surface area contributed by atoms with Crippen LogP contribution in [0.5, 0.6) is 0 Å². The zero-order valence-electron chi connectivity index (χ0n) is 13.4.